The molecule has 124 valence electrons. The van der Waals surface area contributed by atoms with Crippen LogP contribution in [0, 0.1) is 16.0 Å². The van der Waals surface area contributed by atoms with Crippen molar-refractivity contribution >= 4 is 17.6 Å². The largest absolute Gasteiger partial charge is 0.490 e. The van der Waals surface area contributed by atoms with Gasteiger partial charge in [-0.05, 0) is 29.7 Å². The molecule has 1 N–H and O–H groups in total. The molecule has 9 heteroatoms. The van der Waals surface area contributed by atoms with Crippen LogP contribution in [0.1, 0.15) is 24.8 Å². The molecule has 1 aromatic carbocycles. The smallest absolute Gasteiger partial charge is 0.390 e. The molecule has 1 saturated carbocycles. The molecule has 0 aliphatic heterocycles. The molecule has 2 atom stereocenters. The van der Waals surface area contributed by atoms with Crippen molar-refractivity contribution in [3.05, 3.63) is 52.3 Å². The summed E-state index contributed by atoms with van der Waals surface area (Å²) in [6.07, 6.45) is 2.07. The number of carbonyl (C=O) groups is 1. The van der Waals surface area contributed by atoms with Gasteiger partial charge in [-0.1, -0.05) is 35.3 Å². The van der Waals surface area contributed by atoms with Gasteiger partial charge in [-0.2, -0.15) is 9.78 Å². The fourth-order valence-corrected chi connectivity index (χ4v) is 2.50. The van der Waals surface area contributed by atoms with E-state index in [-0.39, 0.29) is 24.3 Å². The third kappa shape index (κ3) is 3.62. The number of rotatable bonds is 6. The second-order valence-corrected chi connectivity index (χ2v) is 5.68. The van der Waals surface area contributed by atoms with Crippen LogP contribution in [-0.2, 0) is 11.3 Å². The van der Waals surface area contributed by atoms with Gasteiger partial charge in [0.2, 0.25) is 12.2 Å². The fraction of sp³-hybridized carbons (Fsp3) is 0.333. The van der Waals surface area contributed by atoms with E-state index < -0.39 is 10.9 Å². The van der Waals surface area contributed by atoms with Crippen LogP contribution in [0.4, 0.5) is 5.95 Å². The summed E-state index contributed by atoms with van der Waals surface area (Å²) in [5.41, 5.74) is 4.28. The van der Waals surface area contributed by atoms with Gasteiger partial charge in [-0.15, -0.1) is 0 Å². The number of nitro groups is 1. The van der Waals surface area contributed by atoms with Crippen LogP contribution < -0.4 is 5.43 Å². The number of amides is 1. The molecule has 0 spiro atoms. The molecular formula is C15H16N6O3. The lowest BCUT2D eigenvalue weighted by atomic mass is 10.1. The molecule has 0 radical (unpaired) electrons. The number of aromatic nitrogens is 3. The van der Waals surface area contributed by atoms with Gasteiger partial charge in [0, 0.05) is 11.0 Å². The van der Waals surface area contributed by atoms with E-state index in [9.17, 15) is 14.9 Å². The first-order valence-corrected chi connectivity index (χ1v) is 7.46. The Bertz CT molecular complexity index is 786. The van der Waals surface area contributed by atoms with Crippen LogP contribution in [0.15, 0.2) is 41.8 Å². The number of hydrazone groups is 1. The van der Waals surface area contributed by atoms with Gasteiger partial charge < -0.3 is 10.1 Å². The molecule has 24 heavy (non-hydrogen) atoms. The highest BCUT2D eigenvalue weighted by Crippen LogP contribution is 2.47. The number of nitrogens with zero attached hydrogens (tertiary/aromatic N) is 5. The minimum atomic E-state index is -0.665. The maximum Gasteiger partial charge on any atom is 0.490 e. The Balaban J connectivity index is 1.52. The fourth-order valence-electron chi connectivity index (χ4n) is 2.50. The summed E-state index contributed by atoms with van der Waals surface area (Å²) < 4.78 is 1.30. The predicted molar refractivity (Wildman–Crippen MR) is 85.2 cm³/mol. The Hall–Kier alpha value is -3.10. The number of benzene rings is 1. The summed E-state index contributed by atoms with van der Waals surface area (Å²) in [6.45, 7) is 1.92. The van der Waals surface area contributed by atoms with E-state index in [1.165, 1.54) is 11.0 Å². The Morgan fingerprint density at radius 2 is 2.21 bits per heavy atom. The molecule has 1 aliphatic rings. The molecule has 1 aliphatic carbocycles. The lowest BCUT2D eigenvalue weighted by molar-refractivity contribution is -0.394. The van der Waals surface area contributed by atoms with Crippen molar-refractivity contribution in [3.63, 3.8) is 0 Å². The monoisotopic (exact) mass is 328 g/mol. The van der Waals surface area contributed by atoms with E-state index in [2.05, 4.69) is 20.6 Å². The second kappa shape index (κ2) is 6.57. The molecule has 1 heterocycles. The zero-order valence-corrected chi connectivity index (χ0v) is 13.0. The Kier molecular flexibility index (Phi) is 4.32. The highest BCUT2D eigenvalue weighted by molar-refractivity contribution is 5.86. The molecule has 0 bridgehead atoms. The van der Waals surface area contributed by atoms with E-state index in [1.807, 2.05) is 30.3 Å². The van der Waals surface area contributed by atoms with Gasteiger partial charge >= 0.3 is 5.95 Å². The summed E-state index contributed by atoms with van der Waals surface area (Å²) >= 11 is 0. The minimum Gasteiger partial charge on any atom is -0.390 e. The van der Waals surface area contributed by atoms with E-state index >= 15 is 0 Å². The summed E-state index contributed by atoms with van der Waals surface area (Å²) in [7, 11) is 0. The number of carbonyl (C=O) groups excluding carboxylic acids is 1. The standard InChI is InChI=1S/C15H16N6O3/c1-10(8-20-9-16-15(19-20)21(23)24)17-18-14(22)13-7-12(13)11-5-3-2-4-6-11/h2-6,9,12-13H,7-8H2,1H3,(H,18,22)/b17-10-/t12-,13-/m0/s1. The van der Waals surface area contributed by atoms with Gasteiger partial charge in [0.05, 0.1) is 12.3 Å². The molecule has 1 aromatic heterocycles. The Morgan fingerprint density at radius 1 is 1.46 bits per heavy atom. The van der Waals surface area contributed by atoms with Crippen LogP contribution in [-0.4, -0.2) is 31.3 Å². The summed E-state index contributed by atoms with van der Waals surface area (Å²) in [4.78, 5) is 25.5. The average molecular weight is 328 g/mol. The highest BCUT2D eigenvalue weighted by atomic mass is 16.6. The highest BCUT2D eigenvalue weighted by Gasteiger charge is 2.43. The number of hydrogen-bond acceptors (Lipinski definition) is 6. The topological polar surface area (TPSA) is 115 Å². The van der Waals surface area contributed by atoms with Gasteiger partial charge in [0.1, 0.15) is 0 Å². The van der Waals surface area contributed by atoms with Crippen molar-refractivity contribution in [1.82, 2.24) is 20.2 Å². The third-order valence-electron chi connectivity index (χ3n) is 3.79. The minimum absolute atomic E-state index is 0.0589. The molecule has 0 unspecified atom stereocenters. The van der Waals surface area contributed by atoms with Crippen molar-refractivity contribution < 1.29 is 9.72 Å². The maximum absolute atomic E-state index is 12.1. The number of nitrogens with one attached hydrogen (secondary N) is 1. The first kappa shape index (κ1) is 15.8. The third-order valence-corrected chi connectivity index (χ3v) is 3.79. The first-order chi connectivity index (χ1) is 11.5. The van der Waals surface area contributed by atoms with Gasteiger partial charge in [0.15, 0.2) is 0 Å². The van der Waals surface area contributed by atoms with Crippen molar-refractivity contribution in [3.8, 4) is 0 Å². The molecule has 3 rings (SSSR count). The molecular weight excluding hydrogens is 312 g/mol. The zero-order chi connectivity index (χ0) is 17.1. The SMILES string of the molecule is C/C(Cn1cnc([N+](=O)[O-])n1)=N/NC(=O)[C@H]1C[C@H]1c1ccccc1. The van der Waals surface area contributed by atoms with E-state index in [0.717, 1.165) is 12.0 Å². The van der Waals surface area contributed by atoms with Crippen molar-refractivity contribution in [1.29, 1.82) is 0 Å². The molecule has 9 nitrogen and oxygen atoms in total. The summed E-state index contributed by atoms with van der Waals surface area (Å²) in [6, 6.07) is 9.90. The maximum atomic E-state index is 12.1. The van der Waals surface area contributed by atoms with Crippen LogP contribution >= 0.6 is 0 Å². The van der Waals surface area contributed by atoms with Gasteiger partial charge in [-0.3, -0.25) is 4.79 Å². The summed E-state index contributed by atoms with van der Waals surface area (Å²) in [5, 5.41) is 18.2. The quantitative estimate of drug-likeness (QED) is 0.490. The molecule has 0 saturated heterocycles. The molecule has 2 aromatic rings. The first-order valence-electron chi connectivity index (χ1n) is 7.46. The molecule has 1 amide bonds. The Morgan fingerprint density at radius 3 is 2.88 bits per heavy atom. The lowest BCUT2D eigenvalue weighted by Crippen LogP contribution is -2.22. The second-order valence-electron chi connectivity index (χ2n) is 5.68. The summed E-state index contributed by atoms with van der Waals surface area (Å²) in [5.74, 6) is -0.389. The van der Waals surface area contributed by atoms with E-state index in [0.29, 0.717) is 5.71 Å². The lowest BCUT2D eigenvalue weighted by Gasteiger charge is -2.02. The van der Waals surface area contributed by atoms with Gasteiger partial charge in [-0.25, -0.2) is 5.43 Å². The van der Waals surface area contributed by atoms with Crippen LogP contribution in [0.2, 0.25) is 0 Å². The average Bonchev–Trinajstić information content (AvgIpc) is 3.25. The van der Waals surface area contributed by atoms with Crippen LogP contribution in [0.5, 0.6) is 0 Å². The predicted octanol–water partition coefficient (Wildman–Crippen LogP) is 1.48. The van der Waals surface area contributed by atoms with E-state index in [4.69, 9.17) is 0 Å². The molecule has 1 fully saturated rings. The normalized spacial score (nSPS) is 19.8. The van der Waals surface area contributed by atoms with Crippen LogP contribution in [0.25, 0.3) is 0 Å². The van der Waals surface area contributed by atoms with Crippen molar-refractivity contribution in [2.45, 2.75) is 25.8 Å². The van der Waals surface area contributed by atoms with Crippen molar-refractivity contribution in [2.24, 2.45) is 11.0 Å². The van der Waals surface area contributed by atoms with Crippen LogP contribution in [0.3, 0.4) is 0 Å². The van der Waals surface area contributed by atoms with E-state index in [1.54, 1.807) is 6.92 Å². The van der Waals surface area contributed by atoms with Crippen molar-refractivity contribution in [2.75, 3.05) is 0 Å². The Labute approximate surface area is 137 Å². The zero-order valence-electron chi connectivity index (χ0n) is 13.0. The number of hydrogen-bond donors (Lipinski definition) is 1. The van der Waals surface area contributed by atoms with Gasteiger partial charge in [0.25, 0.3) is 0 Å².